The van der Waals surface area contributed by atoms with E-state index in [-0.39, 0.29) is 11.9 Å². The number of nitrogens with two attached hydrogens (primary N) is 1. The molecule has 96 valence electrons. The summed E-state index contributed by atoms with van der Waals surface area (Å²) in [4.78, 5) is 4.02. The highest BCUT2D eigenvalue weighted by Gasteiger charge is 2.18. The lowest BCUT2D eigenvalue weighted by atomic mass is 10.1. The predicted octanol–water partition coefficient (Wildman–Crippen LogP) is 0.775. The van der Waals surface area contributed by atoms with Crippen LogP contribution in [0.15, 0.2) is 24.5 Å². The molecule has 3 N–H and O–H groups in total. The summed E-state index contributed by atoms with van der Waals surface area (Å²) in [5, 5.41) is 7.86. The Morgan fingerprint density at radius 2 is 2.28 bits per heavy atom. The van der Waals surface area contributed by atoms with E-state index in [1.807, 2.05) is 6.92 Å². The molecule has 0 saturated heterocycles. The van der Waals surface area contributed by atoms with Crippen molar-refractivity contribution in [1.82, 2.24) is 25.4 Å². The maximum Gasteiger partial charge on any atom is 0.141 e. The summed E-state index contributed by atoms with van der Waals surface area (Å²) in [6.45, 7) is 2.79. The van der Waals surface area contributed by atoms with Crippen LogP contribution in [0.3, 0.4) is 0 Å². The van der Waals surface area contributed by atoms with E-state index in [9.17, 15) is 4.39 Å². The van der Waals surface area contributed by atoms with E-state index in [4.69, 9.17) is 5.84 Å². The van der Waals surface area contributed by atoms with Gasteiger partial charge in [-0.25, -0.2) is 14.5 Å². The van der Waals surface area contributed by atoms with Gasteiger partial charge in [-0.2, -0.15) is 0 Å². The molecule has 2 rings (SSSR count). The van der Waals surface area contributed by atoms with Crippen molar-refractivity contribution in [3.8, 4) is 0 Å². The second kappa shape index (κ2) is 5.65. The highest BCUT2D eigenvalue weighted by Crippen LogP contribution is 2.18. The van der Waals surface area contributed by atoms with Gasteiger partial charge in [0.25, 0.3) is 0 Å². The van der Waals surface area contributed by atoms with Crippen molar-refractivity contribution in [2.75, 3.05) is 0 Å². The molecule has 0 aromatic carbocycles. The fraction of sp³-hybridized carbons (Fsp3) is 0.364. The maximum atomic E-state index is 12.9. The number of aryl methyl sites for hydroxylation is 1. The van der Waals surface area contributed by atoms with E-state index in [0.29, 0.717) is 5.69 Å². The van der Waals surface area contributed by atoms with Crippen LogP contribution in [0.4, 0.5) is 4.39 Å². The Morgan fingerprint density at radius 1 is 1.44 bits per heavy atom. The van der Waals surface area contributed by atoms with Gasteiger partial charge in [-0.15, -0.1) is 5.10 Å². The van der Waals surface area contributed by atoms with Crippen LogP contribution in [0.2, 0.25) is 0 Å². The van der Waals surface area contributed by atoms with E-state index in [1.54, 1.807) is 16.9 Å². The normalized spacial score (nSPS) is 12.6. The number of aromatic nitrogens is 4. The van der Waals surface area contributed by atoms with Crippen molar-refractivity contribution in [3.05, 3.63) is 41.7 Å². The molecule has 2 aromatic heterocycles. The Bertz CT molecular complexity index is 494. The molecule has 0 fully saturated rings. The van der Waals surface area contributed by atoms with Gasteiger partial charge in [-0.1, -0.05) is 12.1 Å². The van der Waals surface area contributed by atoms with Crippen LogP contribution < -0.4 is 11.3 Å². The molecule has 2 heterocycles. The number of nitrogens with zero attached hydrogens (tertiary/aromatic N) is 4. The Labute approximate surface area is 104 Å². The Hall–Kier alpha value is -1.86. The van der Waals surface area contributed by atoms with E-state index in [1.165, 1.54) is 6.07 Å². The highest BCUT2D eigenvalue weighted by atomic mass is 19.1. The number of rotatable bonds is 5. The van der Waals surface area contributed by atoms with Crippen molar-refractivity contribution in [3.63, 3.8) is 0 Å². The second-order valence-electron chi connectivity index (χ2n) is 3.88. The Balaban J connectivity index is 2.32. The summed E-state index contributed by atoms with van der Waals surface area (Å²) < 4.78 is 14.6. The molecule has 0 bridgehead atoms. The van der Waals surface area contributed by atoms with Gasteiger partial charge in [0.1, 0.15) is 11.9 Å². The van der Waals surface area contributed by atoms with Gasteiger partial charge in [0, 0.05) is 6.54 Å². The van der Waals surface area contributed by atoms with Gasteiger partial charge >= 0.3 is 0 Å². The predicted molar refractivity (Wildman–Crippen MR) is 63.7 cm³/mol. The third-order valence-corrected chi connectivity index (χ3v) is 2.59. The van der Waals surface area contributed by atoms with Crippen LogP contribution >= 0.6 is 0 Å². The fourth-order valence-electron chi connectivity index (χ4n) is 1.76. The molecule has 0 aliphatic carbocycles. The number of hydrazine groups is 1. The first-order valence-electron chi connectivity index (χ1n) is 5.72. The summed E-state index contributed by atoms with van der Waals surface area (Å²) in [6.07, 6.45) is 3.73. The molecule has 0 radical (unpaired) electrons. The molecule has 6 nitrogen and oxygen atoms in total. The molecule has 0 aliphatic rings. The van der Waals surface area contributed by atoms with Crippen LogP contribution in [-0.4, -0.2) is 20.0 Å². The van der Waals surface area contributed by atoms with Crippen molar-refractivity contribution in [1.29, 1.82) is 0 Å². The molecule has 0 spiro atoms. The van der Waals surface area contributed by atoms with Crippen LogP contribution in [0.1, 0.15) is 30.8 Å². The van der Waals surface area contributed by atoms with Crippen molar-refractivity contribution >= 4 is 0 Å². The van der Waals surface area contributed by atoms with E-state index < -0.39 is 0 Å². The quantitative estimate of drug-likeness (QED) is 0.605. The standard InChI is InChI=1S/C11H15FN6/c1-2-5-18-10(7-15-17-18)11(16-13)9-4-3-8(12)6-14-9/h3-4,6-7,11,16H,2,5,13H2,1H3. The second-order valence-corrected chi connectivity index (χ2v) is 3.88. The van der Waals surface area contributed by atoms with Gasteiger partial charge in [0.05, 0.1) is 23.8 Å². The average Bonchev–Trinajstić information content (AvgIpc) is 2.82. The molecule has 1 unspecified atom stereocenters. The number of hydrogen-bond acceptors (Lipinski definition) is 5. The van der Waals surface area contributed by atoms with E-state index >= 15 is 0 Å². The Morgan fingerprint density at radius 3 is 2.89 bits per heavy atom. The van der Waals surface area contributed by atoms with Crippen LogP contribution in [0.5, 0.6) is 0 Å². The minimum atomic E-state index is -0.380. The first-order chi connectivity index (χ1) is 8.76. The van der Waals surface area contributed by atoms with Gasteiger partial charge in [-0.05, 0) is 18.6 Å². The van der Waals surface area contributed by atoms with Crippen molar-refractivity contribution in [2.24, 2.45) is 5.84 Å². The summed E-state index contributed by atoms with van der Waals surface area (Å²) in [5.74, 6) is 5.17. The number of pyridine rings is 1. The molecule has 0 saturated carbocycles. The molecule has 2 aromatic rings. The maximum absolute atomic E-state index is 12.9. The zero-order valence-corrected chi connectivity index (χ0v) is 10.0. The summed E-state index contributed by atoms with van der Waals surface area (Å²) >= 11 is 0. The SMILES string of the molecule is CCCn1nncc1C(NN)c1ccc(F)cn1. The molecule has 7 heteroatoms. The Kier molecular flexibility index (Phi) is 3.96. The first kappa shape index (κ1) is 12.6. The number of hydrogen-bond donors (Lipinski definition) is 2. The number of nitrogens with one attached hydrogen (secondary N) is 1. The molecular formula is C11H15FN6. The zero-order chi connectivity index (χ0) is 13.0. The molecule has 0 amide bonds. The minimum absolute atomic E-state index is 0.354. The molecular weight excluding hydrogens is 235 g/mol. The summed E-state index contributed by atoms with van der Waals surface area (Å²) in [6, 6.07) is 2.58. The van der Waals surface area contributed by atoms with Crippen molar-refractivity contribution < 1.29 is 4.39 Å². The zero-order valence-electron chi connectivity index (χ0n) is 10.0. The number of halogens is 1. The summed E-state index contributed by atoms with van der Waals surface area (Å²) in [5.41, 5.74) is 4.08. The topological polar surface area (TPSA) is 81.7 Å². The largest absolute Gasteiger partial charge is 0.270 e. The van der Waals surface area contributed by atoms with Crippen LogP contribution in [0.25, 0.3) is 0 Å². The lowest BCUT2D eigenvalue weighted by Crippen LogP contribution is -2.31. The van der Waals surface area contributed by atoms with Gasteiger partial charge in [-0.3, -0.25) is 10.8 Å². The highest BCUT2D eigenvalue weighted by molar-refractivity contribution is 5.20. The van der Waals surface area contributed by atoms with Gasteiger partial charge in [0.15, 0.2) is 0 Å². The first-order valence-corrected chi connectivity index (χ1v) is 5.72. The lowest BCUT2D eigenvalue weighted by molar-refractivity contribution is 0.505. The third-order valence-electron chi connectivity index (χ3n) is 2.59. The van der Waals surface area contributed by atoms with E-state index in [2.05, 4.69) is 20.7 Å². The molecule has 1 atom stereocenters. The van der Waals surface area contributed by atoms with Crippen molar-refractivity contribution in [2.45, 2.75) is 25.9 Å². The van der Waals surface area contributed by atoms with Crippen LogP contribution in [-0.2, 0) is 6.54 Å². The third kappa shape index (κ3) is 2.52. The summed E-state index contributed by atoms with van der Waals surface area (Å²) in [7, 11) is 0. The molecule has 0 aliphatic heterocycles. The van der Waals surface area contributed by atoms with Gasteiger partial charge < -0.3 is 0 Å². The average molecular weight is 250 g/mol. The van der Waals surface area contributed by atoms with Crippen LogP contribution in [0, 0.1) is 5.82 Å². The minimum Gasteiger partial charge on any atom is -0.270 e. The van der Waals surface area contributed by atoms with E-state index in [0.717, 1.165) is 24.9 Å². The molecule has 18 heavy (non-hydrogen) atoms. The van der Waals surface area contributed by atoms with Gasteiger partial charge in [0.2, 0.25) is 0 Å². The smallest absolute Gasteiger partial charge is 0.141 e. The lowest BCUT2D eigenvalue weighted by Gasteiger charge is -2.16. The monoisotopic (exact) mass is 250 g/mol. The fourth-order valence-corrected chi connectivity index (χ4v) is 1.76.